The smallest absolute Gasteiger partial charge is 0.178 e. The first-order valence-corrected chi connectivity index (χ1v) is 8.71. The summed E-state index contributed by atoms with van der Waals surface area (Å²) in [5.74, 6) is 0.254. The summed E-state index contributed by atoms with van der Waals surface area (Å²) in [4.78, 5) is 7.82. The SMILES string of the molecule is Cc1nc(Cl)cc(NC(C)c2ccc(S(C)(=O)=O)c(F)c2)n1. The Kier molecular flexibility index (Phi) is 4.67. The number of aryl methyl sites for hydroxylation is 1. The zero-order valence-corrected chi connectivity index (χ0v) is 13.8. The van der Waals surface area contributed by atoms with Crippen LogP contribution in [0.2, 0.25) is 5.15 Å². The highest BCUT2D eigenvalue weighted by Gasteiger charge is 2.16. The second kappa shape index (κ2) is 6.18. The van der Waals surface area contributed by atoms with Crippen LogP contribution in [0.1, 0.15) is 24.4 Å². The van der Waals surface area contributed by atoms with Gasteiger partial charge in [0, 0.05) is 12.3 Å². The Labute approximate surface area is 133 Å². The highest BCUT2D eigenvalue weighted by Crippen LogP contribution is 2.23. The Morgan fingerprint density at radius 3 is 2.50 bits per heavy atom. The molecule has 1 N–H and O–H groups in total. The molecule has 0 spiro atoms. The van der Waals surface area contributed by atoms with Gasteiger partial charge in [0.05, 0.1) is 6.04 Å². The molecule has 1 heterocycles. The molecular formula is C14H15ClFN3O2S. The normalized spacial score (nSPS) is 13.0. The summed E-state index contributed by atoms with van der Waals surface area (Å²) in [5.41, 5.74) is 0.595. The zero-order valence-electron chi connectivity index (χ0n) is 12.3. The molecule has 0 saturated carbocycles. The number of hydrogen-bond donors (Lipinski definition) is 1. The summed E-state index contributed by atoms with van der Waals surface area (Å²) in [6.45, 7) is 3.52. The fourth-order valence-electron chi connectivity index (χ4n) is 2.00. The van der Waals surface area contributed by atoms with Crippen molar-refractivity contribution < 1.29 is 12.8 Å². The van der Waals surface area contributed by atoms with Crippen LogP contribution < -0.4 is 5.32 Å². The van der Waals surface area contributed by atoms with Crippen molar-refractivity contribution in [3.8, 4) is 0 Å². The maximum absolute atomic E-state index is 13.9. The van der Waals surface area contributed by atoms with Gasteiger partial charge in [0.2, 0.25) is 0 Å². The maximum atomic E-state index is 13.9. The minimum Gasteiger partial charge on any atom is -0.363 e. The summed E-state index contributed by atoms with van der Waals surface area (Å²) in [6.07, 6.45) is 0.971. The Bertz CT molecular complexity index is 791. The number of aromatic nitrogens is 2. The van der Waals surface area contributed by atoms with Crippen LogP contribution in [0.4, 0.5) is 10.2 Å². The highest BCUT2D eigenvalue weighted by atomic mass is 35.5. The maximum Gasteiger partial charge on any atom is 0.178 e. The van der Waals surface area contributed by atoms with E-state index in [0.717, 1.165) is 6.26 Å². The van der Waals surface area contributed by atoms with Gasteiger partial charge in [-0.15, -0.1) is 0 Å². The average molecular weight is 344 g/mol. The van der Waals surface area contributed by atoms with E-state index in [2.05, 4.69) is 15.3 Å². The van der Waals surface area contributed by atoms with Crippen molar-refractivity contribution in [2.24, 2.45) is 0 Å². The number of benzene rings is 1. The van der Waals surface area contributed by atoms with E-state index >= 15 is 0 Å². The molecule has 0 saturated heterocycles. The zero-order chi connectivity index (χ0) is 16.5. The number of anilines is 1. The van der Waals surface area contributed by atoms with Crippen molar-refractivity contribution in [1.29, 1.82) is 0 Å². The fourth-order valence-corrected chi connectivity index (χ4v) is 2.95. The van der Waals surface area contributed by atoms with Crippen LogP contribution in [-0.2, 0) is 9.84 Å². The number of nitrogens with zero attached hydrogens (tertiary/aromatic N) is 2. The van der Waals surface area contributed by atoms with Crippen molar-refractivity contribution >= 4 is 27.3 Å². The molecule has 2 aromatic rings. The minimum atomic E-state index is -3.58. The van der Waals surface area contributed by atoms with E-state index in [9.17, 15) is 12.8 Å². The third-order valence-electron chi connectivity index (χ3n) is 3.03. The van der Waals surface area contributed by atoms with E-state index in [1.54, 1.807) is 26.0 Å². The van der Waals surface area contributed by atoms with Crippen molar-refractivity contribution in [3.05, 3.63) is 46.6 Å². The number of rotatable bonds is 4. The summed E-state index contributed by atoms with van der Waals surface area (Å²) in [6, 6.07) is 5.30. The van der Waals surface area contributed by atoms with Crippen LogP contribution in [0.5, 0.6) is 0 Å². The molecule has 8 heteroatoms. The molecule has 0 fully saturated rings. The first-order valence-electron chi connectivity index (χ1n) is 6.44. The third-order valence-corrected chi connectivity index (χ3v) is 4.35. The lowest BCUT2D eigenvalue weighted by Crippen LogP contribution is -2.10. The summed E-state index contributed by atoms with van der Waals surface area (Å²) in [7, 11) is -3.58. The van der Waals surface area contributed by atoms with Crippen molar-refractivity contribution in [3.63, 3.8) is 0 Å². The molecule has 1 aromatic carbocycles. The third kappa shape index (κ3) is 3.92. The molecular weight excluding hydrogens is 329 g/mol. The number of sulfone groups is 1. The predicted octanol–water partition coefficient (Wildman–Crippen LogP) is 3.15. The lowest BCUT2D eigenvalue weighted by molar-refractivity contribution is 0.568. The first kappa shape index (κ1) is 16.6. The Morgan fingerprint density at radius 2 is 1.95 bits per heavy atom. The highest BCUT2D eigenvalue weighted by molar-refractivity contribution is 7.90. The Balaban J connectivity index is 2.26. The number of halogens is 2. The molecule has 5 nitrogen and oxygen atoms in total. The molecule has 22 heavy (non-hydrogen) atoms. The summed E-state index contributed by atoms with van der Waals surface area (Å²) in [5, 5.41) is 3.38. The number of hydrogen-bond acceptors (Lipinski definition) is 5. The largest absolute Gasteiger partial charge is 0.363 e. The second-order valence-electron chi connectivity index (χ2n) is 4.95. The van der Waals surface area contributed by atoms with Crippen LogP contribution in [-0.4, -0.2) is 24.6 Å². The Morgan fingerprint density at radius 1 is 1.27 bits per heavy atom. The van der Waals surface area contributed by atoms with Crippen LogP contribution in [0.3, 0.4) is 0 Å². The fraction of sp³-hybridized carbons (Fsp3) is 0.286. The van der Waals surface area contributed by atoms with Gasteiger partial charge in [0.15, 0.2) is 9.84 Å². The molecule has 0 aliphatic heterocycles. The van der Waals surface area contributed by atoms with Crippen molar-refractivity contribution in [2.45, 2.75) is 24.8 Å². The summed E-state index contributed by atoms with van der Waals surface area (Å²) >= 11 is 5.86. The van der Waals surface area contributed by atoms with E-state index in [1.807, 2.05) is 0 Å². The van der Waals surface area contributed by atoms with Gasteiger partial charge in [-0.05, 0) is 31.5 Å². The first-order chi connectivity index (χ1) is 10.2. The van der Waals surface area contributed by atoms with Crippen LogP contribution in [0.15, 0.2) is 29.2 Å². The van der Waals surface area contributed by atoms with E-state index in [0.29, 0.717) is 22.4 Å². The van der Waals surface area contributed by atoms with Gasteiger partial charge >= 0.3 is 0 Å². The van der Waals surface area contributed by atoms with Gasteiger partial charge in [-0.2, -0.15) is 0 Å². The van der Waals surface area contributed by atoms with Gasteiger partial charge in [0.25, 0.3) is 0 Å². The molecule has 1 atom stereocenters. The predicted molar refractivity (Wildman–Crippen MR) is 83.3 cm³/mol. The van der Waals surface area contributed by atoms with E-state index in [1.165, 1.54) is 12.1 Å². The van der Waals surface area contributed by atoms with Gasteiger partial charge in [-0.25, -0.2) is 22.8 Å². The lowest BCUT2D eigenvalue weighted by Gasteiger charge is -2.16. The summed E-state index contributed by atoms with van der Waals surface area (Å²) < 4.78 is 36.7. The standard InChI is InChI=1S/C14H15ClFN3O2S/c1-8(17-14-7-13(15)18-9(2)19-14)10-4-5-12(11(16)6-10)22(3,20)21/h4-8H,1-3H3,(H,17,18,19). The lowest BCUT2D eigenvalue weighted by atomic mass is 10.1. The van der Waals surface area contributed by atoms with E-state index in [-0.39, 0.29) is 10.9 Å². The molecule has 0 radical (unpaired) electrons. The van der Waals surface area contributed by atoms with Crippen molar-refractivity contribution in [2.75, 3.05) is 11.6 Å². The van der Waals surface area contributed by atoms with Gasteiger partial charge in [-0.1, -0.05) is 17.7 Å². The molecule has 0 aliphatic rings. The molecule has 0 aliphatic carbocycles. The molecule has 1 unspecified atom stereocenters. The quantitative estimate of drug-likeness (QED) is 0.863. The van der Waals surface area contributed by atoms with E-state index < -0.39 is 15.7 Å². The second-order valence-corrected chi connectivity index (χ2v) is 7.32. The van der Waals surface area contributed by atoms with Crippen LogP contribution >= 0.6 is 11.6 Å². The monoisotopic (exact) mass is 343 g/mol. The minimum absolute atomic E-state index is 0.284. The number of nitrogens with one attached hydrogen (secondary N) is 1. The molecule has 1 aromatic heterocycles. The van der Waals surface area contributed by atoms with Gasteiger partial charge < -0.3 is 5.32 Å². The average Bonchev–Trinajstić information content (AvgIpc) is 2.35. The van der Waals surface area contributed by atoms with Crippen LogP contribution in [0, 0.1) is 12.7 Å². The molecule has 118 valence electrons. The topological polar surface area (TPSA) is 72.0 Å². The van der Waals surface area contributed by atoms with Gasteiger partial charge in [-0.3, -0.25) is 0 Å². The Hall–Kier alpha value is -1.73. The van der Waals surface area contributed by atoms with Gasteiger partial charge in [0.1, 0.15) is 27.5 Å². The van der Waals surface area contributed by atoms with Crippen molar-refractivity contribution in [1.82, 2.24) is 9.97 Å². The molecule has 0 amide bonds. The molecule has 2 rings (SSSR count). The molecule has 0 bridgehead atoms. The van der Waals surface area contributed by atoms with E-state index in [4.69, 9.17) is 11.6 Å². The van der Waals surface area contributed by atoms with Crippen LogP contribution in [0.25, 0.3) is 0 Å².